The van der Waals surface area contributed by atoms with Crippen LogP contribution in [-0.4, -0.2) is 11.2 Å². The van der Waals surface area contributed by atoms with E-state index in [1.165, 1.54) is 17.0 Å². The molecule has 0 fully saturated rings. The Morgan fingerprint density at radius 2 is 1.81 bits per heavy atom. The minimum Gasteiger partial charge on any atom is -0.494 e. The second kappa shape index (κ2) is 7.21. The molecule has 1 heterocycles. The molecule has 3 nitrogen and oxygen atoms in total. The van der Waals surface area contributed by atoms with Gasteiger partial charge in [-0.2, -0.15) is 0 Å². The lowest BCUT2D eigenvalue weighted by molar-refractivity contribution is 0.317. The molecule has 0 spiro atoms. The first kappa shape index (κ1) is 15.5. The summed E-state index contributed by atoms with van der Waals surface area (Å²) >= 11 is 0. The van der Waals surface area contributed by atoms with Gasteiger partial charge in [0.2, 0.25) is 0 Å². The fourth-order valence-electron chi connectivity index (χ4n) is 2.62. The van der Waals surface area contributed by atoms with Crippen molar-refractivity contribution in [3.63, 3.8) is 0 Å². The van der Waals surface area contributed by atoms with Crippen molar-refractivity contribution in [1.82, 2.24) is 4.57 Å². The van der Waals surface area contributed by atoms with Crippen LogP contribution in [0.3, 0.4) is 0 Å². The third kappa shape index (κ3) is 3.81. The number of benzene rings is 1. The average Bonchev–Trinajstić information content (AvgIpc) is 2.77. The van der Waals surface area contributed by atoms with Crippen LogP contribution < -0.4 is 10.1 Å². The Hall–Kier alpha value is -1.90. The number of hydrogen-bond acceptors (Lipinski definition) is 2. The van der Waals surface area contributed by atoms with E-state index in [1.54, 1.807) is 0 Å². The van der Waals surface area contributed by atoms with Gasteiger partial charge in [0.1, 0.15) is 5.75 Å². The van der Waals surface area contributed by atoms with Crippen LogP contribution in [-0.2, 0) is 13.1 Å². The maximum Gasteiger partial charge on any atom is 0.119 e. The van der Waals surface area contributed by atoms with Crippen LogP contribution in [0.25, 0.3) is 0 Å². The molecule has 0 aliphatic rings. The molecule has 0 radical (unpaired) electrons. The van der Waals surface area contributed by atoms with E-state index >= 15 is 0 Å². The summed E-state index contributed by atoms with van der Waals surface area (Å²) in [7, 11) is 0. The highest BCUT2D eigenvalue weighted by Gasteiger charge is 2.07. The van der Waals surface area contributed by atoms with Crippen molar-refractivity contribution in [2.75, 3.05) is 11.9 Å². The highest BCUT2D eigenvalue weighted by Crippen LogP contribution is 2.19. The molecule has 1 aromatic heterocycles. The van der Waals surface area contributed by atoms with Gasteiger partial charge in [-0.15, -0.1) is 0 Å². The van der Waals surface area contributed by atoms with Crippen molar-refractivity contribution in [2.24, 2.45) is 0 Å². The van der Waals surface area contributed by atoms with E-state index in [1.807, 2.05) is 12.1 Å². The number of aryl methyl sites for hydroxylation is 1. The Morgan fingerprint density at radius 3 is 2.38 bits per heavy atom. The SMILES string of the molecule is CCCOc1ccc(NCc2cc(C)n(CC)c2C)cc1. The zero-order valence-corrected chi connectivity index (χ0v) is 13.6. The monoisotopic (exact) mass is 286 g/mol. The minimum absolute atomic E-state index is 0.774. The molecule has 1 aromatic carbocycles. The van der Waals surface area contributed by atoms with Gasteiger partial charge < -0.3 is 14.6 Å². The Labute approximate surface area is 127 Å². The number of nitrogens with zero attached hydrogens (tertiary/aromatic N) is 1. The summed E-state index contributed by atoms with van der Waals surface area (Å²) in [6, 6.07) is 10.5. The van der Waals surface area contributed by atoms with Crippen LogP contribution in [0.15, 0.2) is 30.3 Å². The Balaban J connectivity index is 1.97. The number of anilines is 1. The van der Waals surface area contributed by atoms with E-state index in [0.29, 0.717) is 0 Å². The van der Waals surface area contributed by atoms with Gasteiger partial charge in [-0.1, -0.05) is 6.92 Å². The zero-order chi connectivity index (χ0) is 15.2. The fourth-order valence-corrected chi connectivity index (χ4v) is 2.62. The van der Waals surface area contributed by atoms with Gasteiger partial charge in [-0.05, 0) is 63.1 Å². The maximum atomic E-state index is 5.59. The first-order chi connectivity index (χ1) is 10.2. The number of hydrogen-bond donors (Lipinski definition) is 1. The molecule has 0 amide bonds. The normalized spacial score (nSPS) is 10.7. The quantitative estimate of drug-likeness (QED) is 0.809. The van der Waals surface area contributed by atoms with Gasteiger partial charge in [-0.25, -0.2) is 0 Å². The smallest absolute Gasteiger partial charge is 0.119 e. The Morgan fingerprint density at radius 1 is 1.10 bits per heavy atom. The molecule has 0 aliphatic carbocycles. The van der Waals surface area contributed by atoms with E-state index in [9.17, 15) is 0 Å². The van der Waals surface area contributed by atoms with Crippen molar-refractivity contribution in [3.05, 3.63) is 47.3 Å². The van der Waals surface area contributed by atoms with Gasteiger partial charge in [0.25, 0.3) is 0 Å². The molecule has 1 N–H and O–H groups in total. The zero-order valence-electron chi connectivity index (χ0n) is 13.6. The standard InChI is InChI=1S/C18H26N2O/c1-5-11-21-18-9-7-17(8-10-18)19-13-16-12-14(3)20(6-2)15(16)4/h7-10,12,19H,5-6,11,13H2,1-4H3. The van der Waals surface area contributed by atoms with Crippen molar-refractivity contribution in [3.8, 4) is 5.75 Å². The Bertz CT molecular complexity index is 570. The molecule has 2 aromatic rings. The number of rotatable bonds is 7. The fraction of sp³-hybridized carbons (Fsp3) is 0.444. The summed E-state index contributed by atoms with van der Waals surface area (Å²) < 4.78 is 7.94. The second-order valence-corrected chi connectivity index (χ2v) is 5.37. The maximum absolute atomic E-state index is 5.59. The number of nitrogens with one attached hydrogen (secondary N) is 1. The number of aromatic nitrogens is 1. The summed E-state index contributed by atoms with van der Waals surface area (Å²) in [5, 5.41) is 3.48. The predicted molar refractivity (Wildman–Crippen MR) is 89.1 cm³/mol. The average molecular weight is 286 g/mol. The second-order valence-electron chi connectivity index (χ2n) is 5.37. The molecule has 0 unspecified atom stereocenters. The third-order valence-corrected chi connectivity index (χ3v) is 3.80. The van der Waals surface area contributed by atoms with Crippen molar-refractivity contribution in [2.45, 2.75) is 47.2 Å². The molecular weight excluding hydrogens is 260 g/mol. The molecule has 114 valence electrons. The molecule has 0 atom stereocenters. The molecule has 0 aliphatic heterocycles. The summed E-state index contributed by atoms with van der Waals surface area (Å²) in [6.45, 7) is 11.3. The molecule has 0 saturated carbocycles. The van der Waals surface area contributed by atoms with Gasteiger partial charge in [0, 0.05) is 30.2 Å². The van der Waals surface area contributed by atoms with Gasteiger partial charge in [0.05, 0.1) is 6.61 Å². The molecule has 2 rings (SSSR count). The van der Waals surface area contributed by atoms with E-state index in [-0.39, 0.29) is 0 Å². The van der Waals surface area contributed by atoms with E-state index in [0.717, 1.165) is 37.6 Å². The first-order valence-electron chi connectivity index (χ1n) is 7.78. The van der Waals surface area contributed by atoms with Crippen molar-refractivity contribution in [1.29, 1.82) is 0 Å². The topological polar surface area (TPSA) is 26.2 Å². The lowest BCUT2D eigenvalue weighted by Crippen LogP contribution is -2.03. The molecular formula is C18H26N2O. The minimum atomic E-state index is 0.774. The molecule has 21 heavy (non-hydrogen) atoms. The molecule has 3 heteroatoms. The van der Waals surface area contributed by atoms with Gasteiger partial charge in [0.15, 0.2) is 0 Å². The first-order valence-corrected chi connectivity index (χ1v) is 7.78. The molecule has 0 saturated heterocycles. The van der Waals surface area contributed by atoms with E-state index < -0.39 is 0 Å². The van der Waals surface area contributed by atoms with E-state index in [4.69, 9.17) is 4.74 Å². The lowest BCUT2D eigenvalue weighted by Gasteiger charge is -2.09. The van der Waals surface area contributed by atoms with Gasteiger partial charge >= 0.3 is 0 Å². The van der Waals surface area contributed by atoms with Gasteiger partial charge in [-0.3, -0.25) is 0 Å². The van der Waals surface area contributed by atoms with Crippen LogP contribution in [0.5, 0.6) is 5.75 Å². The summed E-state index contributed by atoms with van der Waals surface area (Å²) in [6.07, 6.45) is 1.03. The molecule has 0 bridgehead atoms. The summed E-state index contributed by atoms with van der Waals surface area (Å²) in [4.78, 5) is 0. The predicted octanol–water partition coefficient (Wildman–Crippen LogP) is 4.53. The Kier molecular flexibility index (Phi) is 5.32. The van der Waals surface area contributed by atoms with Crippen LogP contribution in [0.1, 0.15) is 37.2 Å². The highest BCUT2D eigenvalue weighted by atomic mass is 16.5. The van der Waals surface area contributed by atoms with Crippen molar-refractivity contribution >= 4 is 5.69 Å². The van der Waals surface area contributed by atoms with Crippen LogP contribution in [0.4, 0.5) is 5.69 Å². The van der Waals surface area contributed by atoms with Crippen LogP contribution >= 0.6 is 0 Å². The van der Waals surface area contributed by atoms with Crippen LogP contribution in [0.2, 0.25) is 0 Å². The van der Waals surface area contributed by atoms with E-state index in [2.05, 4.69) is 55.8 Å². The summed E-state index contributed by atoms with van der Waals surface area (Å²) in [5.41, 5.74) is 5.17. The van der Waals surface area contributed by atoms with Crippen LogP contribution in [0, 0.1) is 13.8 Å². The van der Waals surface area contributed by atoms with Crippen molar-refractivity contribution < 1.29 is 4.74 Å². The number of ether oxygens (including phenoxy) is 1. The highest BCUT2D eigenvalue weighted by molar-refractivity contribution is 5.47. The lowest BCUT2D eigenvalue weighted by atomic mass is 10.2. The third-order valence-electron chi connectivity index (χ3n) is 3.80. The largest absolute Gasteiger partial charge is 0.494 e. The summed E-state index contributed by atoms with van der Waals surface area (Å²) in [5.74, 6) is 0.937.